The first-order valence-electron chi connectivity index (χ1n) is 7.36. The molecule has 3 rings (SSSR count). The molecule has 1 amide bonds. The summed E-state index contributed by atoms with van der Waals surface area (Å²) in [7, 11) is 0. The third-order valence-electron chi connectivity index (χ3n) is 4.90. The molecule has 0 saturated heterocycles. The maximum Gasteiger partial charge on any atom is 0.292 e. The molecule has 3 unspecified atom stereocenters. The number of carbonyl (C=O) groups excluding carboxylic acids is 1. The summed E-state index contributed by atoms with van der Waals surface area (Å²) in [5.41, 5.74) is 5.68. The first kappa shape index (κ1) is 13.9. The van der Waals surface area contributed by atoms with Crippen LogP contribution in [-0.2, 0) is 0 Å². The summed E-state index contributed by atoms with van der Waals surface area (Å²) in [6.07, 6.45) is 5.11. The lowest BCUT2D eigenvalue weighted by Gasteiger charge is -2.21. The van der Waals surface area contributed by atoms with Crippen molar-refractivity contribution in [1.29, 1.82) is 0 Å². The molecule has 2 saturated carbocycles. The van der Waals surface area contributed by atoms with E-state index in [-0.39, 0.29) is 17.3 Å². The van der Waals surface area contributed by atoms with Crippen LogP contribution in [0.5, 0.6) is 0 Å². The van der Waals surface area contributed by atoms with Crippen LogP contribution in [0.3, 0.4) is 0 Å². The molecule has 0 radical (unpaired) electrons. The van der Waals surface area contributed by atoms with E-state index in [0.717, 1.165) is 11.8 Å². The summed E-state index contributed by atoms with van der Waals surface area (Å²) >= 11 is 0. The highest BCUT2D eigenvalue weighted by molar-refractivity contribution is 5.95. The van der Waals surface area contributed by atoms with Crippen LogP contribution >= 0.6 is 0 Å². The van der Waals surface area contributed by atoms with Crippen molar-refractivity contribution in [2.24, 2.45) is 17.8 Å². The Morgan fingerprint density at radius 2 is 2.19 bits per heavy atom. The number of hydrogen-bond acceptors (Lipinski definition) is 4. The van der Waals surface area contributed by atoms with Gasteiger partial charge in [-0.2, -0.15) is 0 Å². The maximum atomic E-state index is 12.1. The van der Waals surface area contributed by atoms with E-state index < -0.39 is 4.92 Å². The molecule has 2 fully saturated rings. The number of nitrogens with two attached hydrogens (primary N) is 1. The number of fused-ring (bicyclic) bond motifs is 2. The van der Waals surface area contributed by atoms with Crippen LogP contribution in [0.2, 0.25) is 0 Å². The van der Waals surface area contributed by atoms with Crippen molar-refractivity contribution in [1.82, 2.24) is 5.32 Å². The SMILES string of the molecule is Nc1ccc(C(=O)NCC2CC3CCC2C3)cc1[N+](=O)[O-]. The second-order valence-electron chi connectivity index (χ2n) is 6.18. The van der Waals surface area contributed by atoms with Gasteiger partial charge in [0.2, 0.25) is 0 Å². The Kier molecular flexibility index (Phi) is 3.53. The fourth-order valence-electron chi connectivity index (χ4n) is 3.80. The molecule has 0 spiro atoms. The maximum absolute atomic E-state index is 12.1. The fraction of sp³-hybridized carbons (Fsp3) is 0.533. The number of rotatable bonds is 4. The second-order valence-corrected chi connectivity index (χ2v) is 6.18. The molecule has 0 aliphatic heterocycles. The zero-order valence-corrected chi connectivity index (χ0v) is 11.7. The van der Waals surface area contributed by atoms with E-state index in [4.69, 9.17) is 5.73 Å². The van der Waals surface area contributed by atoms with Crippen molar-refractivity contribution < 1.29 is 9.72 Å². The third-order valence-corrected chi connectivity index (χ3v) is 4.90. The Bertz CT molecular complexity index is 588. The van der Waals surface area contributed by atoms with Gasteiger partial charge in [-0.3, -0.25) is 14.9 Å². The van der Waals surface area contributed by atoms with Crippen LogP contribution in [0.25, 0.3) is 0 Å². The third kappa shape index (κ3) is 2.70. The topological polar surface area (TPSA) is 98.3 Å². The minimum Gasteiger partial charge on any atom is -0.393 e. The number of amides is 1. The normalized spacial score (nSPS) is 26.8. The van der Waals surface area contributed by atoms with Gasteiger partial charge in [0.25, 0.3) is 11.6 Å². The number of nitrogens with one attached hydrogen (secondary N) is 1. The summed E-state index contributed by atoms with van der Waals surface area (Å²) < 4.78 is 0. The second kappa shape index (κ2) is 5.35. The summed E-state index contributed by atoms with van der Waals surface area (Å²) in [5, 5.41) is 13.8. The highest BCUT2D eigenvalue weighted by Gasteiger charge is 2.39. The largest absolute Gasteiger partial charge is 0.393 e. The monoisotopic (exact) mass is 289 g/mol. The molecular formula is C15H19N3O3. The molecule has 6 heteroatoms. The molecule has 2 aliphatic rings. The summed E-state index contributed by atoms with van der Waals surface area (Å²) in [6.45, 7) is 0.665. The van der Waals surface area contributed by atoms with Gasteiger partial charge in [-0.1, -0.05) is 6.42 Å². The van der Waals surface area contributed by atoms with Crippen LogP contribution in [0.1, 0.15) is 36.0 Å². The number of nitro groups is 1. The van der Waals surface area contributed by atoms with Gasteiger partial charge in [0.1, 0.15) is 5.69 Å². The van der Waals surface area contributed by atoms with Crippen molar-refractivity contribution in [3.63, 3.8) is 0 Å². The molecule has 6 nitrogen and oxygen atoms in total. The van der Waals surface area contributed by atoms with Crippen molar-refractivity contribution in [3.05, 3.63) is 33.9 Å². The smallest absolute Gasteiger partial charge is 0.292 e. The summed E-state index contributed by atoms with van der Waals surface area (Å²) in [6, 6.07) is 4.18. The van der Waals surface area contributed by atoms with Crippen molar-refractivity contribution in [3.8, 4) is 0 Å². The van der Waals surface area contributed by atoms with E-state index in [0.29, 0.717) is 18.0 Å². The lowest BCUT2D eigenvalue weighted by Crippen LogP contribution is -2.31. The highest BCUT2D eigenvalue weighted by atomic mass is 16.6. The van der Waals surface area contributed by atoms with Gasteiger partial charge < -0.3 is 11.1 Å². The fourth-order valence-corrected chi connectivity index (χ4v) is 3.80. The van der Waals surface area contributed by atoms with Gasteiger partial charge in [-0.15, -0.1) is 0 Å². The molecule has 1 aromatic carbocycles. The number of anilines is 1. The van der Waals surface area contributed by atoms with Gasteiger partial charge >= 0.3 is 0 Å². The van der Waals surface area contributed by atoms with Gasteiger partial charge in [0.05, 0.1) is 4.92 Å². The van der Waals surface area contributed by atoms with Crippen LogP contribution in [0, 0.1) is 27.9 Å². The predicted molar refractivity (Wildman–Crippen MR) is 78.8 cm³/mol. The molecular weight excluding hydrogens is 270 g/mol. The number of benzene rings is 1. The van der Waals surface area contributed by atoms with Crippen LogP contribution in [0.4, 0.5) is 11.4 Å². The Balaban J connectivity index is 1.63. The minimum absolute atomic E-state index is 0.0738. The van der Waals surface area contributed by atoms with Gasteiger partial charge in [-0.05, 0) is 49.1 Å². The summed E-state index contributed by atoms with van der Waals surface area (Å²) in [5.74, 6) is 1.89. The highest BCUT2D eigenvalue weighted by Crippen LogP contribution is 2.47. The zero-order chi connectivity index (χ0) is 15.0. The van der Waals surface area contributed by atoms with E-state index >= 15 is 0 Å². The van der Waals surface area contributed by atoms with Crippen molar-refractivity contribution >= 4 is 17.3 Å². The van der Waals surface area contributed by atoms with E-state index in [1.165, 1.54) is 43.9 Å². The Labute approximate surface area is 122 Å². The van der Waals surface area contributed by atoms with Crippen LogP contribution < -0.4 is 11.1 Å². The molecule has 1 aromatic rings. The van der Waals surface area contributed by atoms with Gasteiger partial charge in [-0.25, -0.2) is 0 Å². The number of hydrogen-bond donors (Lipinski definition) is 2. The number of nitro benzene ring substituents is 1. The van der Waals surface area contributed by atoms with E-state index in [1.807, 2.05) is 0 Å². The quantitative estimate of drug-likeness (QED) is 0.505. The number of nitrogen functional groups attached to an aromatic ring is 1. The van der Waals surface area contributed by atoms with E-state index in [1.54, 1.807) is 0 Å². The number of nitrogens with zero attached hydrogens (tertiary/aromatic N) is 1. The van der Waals surface area contributed by atoms with Gasteiger partial charge in [0, 0.05) is 18.2 Å². The molecule has 2 aliphatic carbocycles. The van der Waals surface area contributed by atoms with Crippen LogP contribution in [0.15, 0.2) is 18.2 Å². The first-order chi connectivity index (χ1) is 10.0. The van der Waals surface area contributed by atoms with E-state index in [2.05, 4.69) is 5.32 Å². The average Bonchev–Trinajstić information content (AvgIpc) is 3.07. The average molecular weight is 289 g/mol. The van der Waals surface area contributed by atoms with Crippen LogP contribution in [-0.4, -0.2) is 17.4 Å². The molecule has 0 aromatic heterocycles. The summed E-state index contributed by atoms with van der Waals surface area (Å²) in [4.78, 5) is 22.4. The van der Waals surface area contributed by atoms with E-state index in [9.17, 15) is 14.9 Å². The molecule has 2 bridgehead atoms. The standard InChI is InChI=1S/C15H19N3O3/c16-13-4-3-11(7-14(13)18(20)21)15(19)17-8-12-6-9-1-2-10(12)5-9/h3-4,7,9-10,12H,1-2,5-6,8,16H2,(H,17,19). The van der Waals surface area contributed by atoms with Gasteiger partial charge in [0.15, 0.2) is 0 Å². The molecule has 0 heterocycles. The lowest BCUT2D eigenvalue weighted by molar-refractivity contribution is -0.383. The first-order valence-corrected chi connectivity index (χ1v) is 7.36. The minimum atomic E-state index is -0.567. The number of carbonyl (C=O) groups is 1. The van der Waals surface area contributed by atoms with Crippen molar-refractivity contribution in [2.45, 2.75) is 25.7 Å². The lowest BCUT2D eigenvalue weighted by atomic mass is 9.89. The Morgan fingerprint density at radius 3 is 2.81 bits per heavy atom. The molecule has 112 valence electrons. The Morgan fingerprint density at radius 1 is 1.38 bits per heavy atom. The molecule has 3 N–H and O–H groups in total. The zero-order valence-electron chi connectivity index (χ0n) is 11.7. The molecule has 3 atom stereocenters. The van der Waals surface area contributed by atoms with Crippen molar-refractivity contribution in [2.75, 3.05) is 12.3 Å². The predicted octanol–water partition coefficient (Wildman–Crippen LogP) is 2.34. The molecule has 21 heavy (non-hydrogen) atoms. The Hall–Kier alpha value is -2.11.